The van der Waals surface area contributed by atoms with Gasteiger partial charge >= 0.3 is 0 Å². The third kappa shape index (κ3) is 11.2. The minimum Gasteiger partial charge on any atom is -0.308 e. The fourth-order valence-electron chi connectivity index (χ4n) is 10.2. The minimum absolute atomic E-state index is 0.135. The normalized spacial score (nSPS) is 12.5. The third-order valence-electron chi connectivity index (χ3n) is 15.4. The average molecular weight is 1030 g/mol. The summed E-state index contributed by atoms with van der Waals surface area (Å²) in [4.78, 5) is 66.4. The van der Waals surface area contributed by atoms with Crippen molar-refractivity contribution in [3.63, 3.8) is 0 Å². The minimum atomic E-state index is -0.309. The van der Waals surface area contributed by atoms with Gasteiger partial charge in [-0.05, 0) is 107 Å². The van der Waals surface area contributed by atoms with Gasteiger partial charge < -0.3 is 14.7 Å². The first kappa shape index (κ1) is 52.6. The van der Waals surface area contributed by atoms with E-state index in [2.05, 4.69) is 77.9 Å². The van der Waals surface area contributed by atoms with E-state index in [1.54, 1.807) is 32.9 Å². The summed E-state index contributed by atoms with van der Waals surface area (Å²) >= 11 is 0. The monoisotopic (exact) mass is 1030 g/mol. The molecular formula is C69H66N6O3. The maximum absolute atomic E-state index is 15.6. The molecule has 10 aromatic rings. The van der Waals surface area contributed by atoms with Crippen LogP contribution in [0.25, 0.3) is 66.1 Å². The van der Waals surface area contributed by atoms with Gasteiger partial charge in [0.05, 0.1) is 17.1 Å². The zero-order valence-corrected chi connectivity index (χ0v) is 45.4. The van der Waals surface area contributed by atoms with E-state index in [-0.39, 0.29) is 52.2 Å². The second kappa shape index (κ2) is 23.6. The van der Waals surface area contributed by atoms with Gasteiger partial charge in [-0.25, -0.2) is 0 Å². The standard InChI is InChI=1S/C69H66N6O3/c1-7-46(4)43-73(58-28-22-52(23-29-58)64-61-19-13-10-16-49(61)34-37-70-64)67(76)55-40-56(68(77)74(44-47(5)8-2)59-30-24-53(25-31-59)65-62-20-14-11-17-50(62)35-38-71-65)42-57(41-55)69(78)75(45-48(6)9-3)60-32-26-54(27-33-60)66-63-21-15-12-18-51(63)36-39-72-66/h10-42,46-48H,7-9,43-45H2,1-6H3. The zero-order valence-electron chi connectivity index (χ0n) is 45.4. The van der Waals surface area contributed by atoms with E-state index in [0.717, 1.165) is 85.4 Å². The molecule has 0 saturated carbocycles. The van der Waals surface area contributed by atoms with Crippen LogP contribution >= 0.6 is 0 Å². The van der Waals surface area contributed by atoms with Crippen LogP contribution in [0.1, 0.15) is 91.9 Å². The molecule has 0 aliphatic heterocycles. The van der Waals surface area contributed by atoms with Crippen molar-refractivity contribution >= 4 is 67.1 Å². The maximum Gasteiger partial charge on any atom is 0.258 e. The van der Waals surface area contributed by atoms with Crippen LogP contribution in [0, 0.1) is 17.8 Å². The predicted octanol–water partition coefficient (Wildman–Crippen LogP) is 16.4. The van der Waals surface area contributed by atoms with Gasteiger partial charge in [-0.2, -0.15) is 0 Å². The SMILES string of the molecule is CCC(C)CN(C(=O)c1cc(C(=O)N(CC(C)CC)c2ccc(-c3nccc4ccccc34)cc2)cc(C(=O)N(CC(C)CC)c2ccc(-c3nccc4ccccc34)cc2)c1)c1ccc(-c2nccc3ccccc23)cc1. The van der Waals surface area contributed by atoms with Crippen molar-refractivity contribution in [1.82, 2.24) is 15.0 Å². The molecule has 0 aliphatic rings. The fourth-order valence-corrected chi connectivity index (χ4v) is 10.2. The van der Waals surface area contributed by atoms with Gasteiger partial charge in [-0.15, -0.1) is 0 Å². The molecule has 9 nitrogen and oxygen atoms in total. The number of aromatic nitrogens is 3. The van der Waals surface area contributed by atoms with Crippen molar-refractivity contribution in [2.75, 3.05) is 34.3 Å². The van der Waals surface area contributed by atoms with E-state index in [0.29, 0.717) is 36.7 Å². The van der Waals surface area contributed by atoms with E-state index in [1.165, 1.54) is 0 Å². The van der Waals surface area contributed by atoms with Crippen molar-refractivity contribution in [3.8, 4) is 33.8 Å². The summed E-state index contributed by atoms with van der Waals surface area (Å²) in [6.07, 6.45) is 7.98. The van der Waals surface area contributed by atoms with Crippen LogP contribution in [0.5, 0.6) is 0 Å². The molecule has 390 valence electrons. The van der Waals surface area contributed by atoms with E-state index in [9.17, 15) is 0 Å². The number of pyridine rings is 3. The van der Waals surface area contributed by atoms with Crippen molar-refractivity contribution < 1.29 is 14.4 Å². The maximum atomic E-state index is 15.6. The van der Waals surface area contributed by atoms with Crippen LogP contribution in [-0.2, 0) is 0 Å². The van der Waals surface area contributed by atoms with Gasteiger partial charge in [-0.1, -0.05) is 170 Å². The molecule has 3 heterocycles. The molecule has 7 aromatic carbocycles. The molecule has 0 spiro atoms. The quantitative estimate of drug-likeness (QED) is 0.0849. The average Bonchev–Trinajstić information content (AvgIpc) is 3.50. The summed E-state index contributed by atoms with van der Waals surface area (Å²) in [6.45, 7) is 14.0. The second-order valence-corrected chi connectivity index (χ2v) is 20.9. The van der Waals surface area contributed by atoms with Crippen molar-refractivity contribution in [3.05, 3.63) is 217 Å². The molecule has 0 N–H and O–H groups in total. The Bertz CT molecular complexity index is 3340. The van der Waals surface area contributed by atoms with Crippen molar-refractivity contribution in [2.24, 2.45) is 17.8 Å². The highest BCUT2D eigenvalue weighted by Gasteiger charge is 2.29. The summed E-state index contributed by atoms with van der Waals surface area (Å²) in [6, 6.07) is 59.5. The molecular weight excluding hydrogens is 961 g/mol. The van der Waals surface area contributed by atoms with Crippen LogP contribution in [0.15, 0.2) is 201 Å². The lowest BCUT2D eigenvalue weighted by Gasteiger charge is -2.29. The van der Waals surface area contributed by atoms with Gasteiger partial charge in [-0.3, -0.25) is 29.3 Å². The van der Waals surface area contributed by atoms with Crippen molar-refractivity contribution in [2.45, 2.75) is 60.8 Å². The highest BCUT2D eigenvalue weighted by Crippen LogP contribution is 2.34. The van der Waals surface area contributed by atoms with Crippen molar-refractivity contribution in [1.29, 1.82) is 0 Å². The molecule has 9 heteroatoms. The number of benzene rings is 7. The molecule has 0 aliphatic carbocycles. The van der Waals surface area contributed by atoms with Crippen LogP contribution in [0.4, 0.5) is 17.1 Å². The Morgan fingerprint density at radius 3 is 0.872 bits per heavy atom. The van der Waals surface area contributed by atoms with Gasteiger partial charge in [0.15, 0.2) is 0 Å². The van der Waals surface area contributed by atoms with Crippen LogP contribution in [0.3, 0.4) is 0 Å². The van der Waals surface area contributed by atoms with E-state index >= 15 is 14.4 Å². The topological polar surface area (TPSA) is 99.6 Å². The first-order valence-corrected chi connectivity index (χ1v) is 27.4. The summed E-state index contributed by atoms with van der Waals surface area (Å²) in [5.41, 5.74) is 8.20. The molecule has 10 rings (SSSR count). The molecule has 3 aromatic heterocycles. The first-order valence-electron chi connectivity index (χ1n) is 27.4. The number of fused-ring (bicyclic) bond motifs is 3. The highest BCUT2D eigenvalue weighted by molar-refractivity contribution is 6.15. The Labute approximate surface area is 458 Å². The predicted molar refractivity (Wildman–Crippen MR) is 321 cm³/mol. The fraction of sp³-hybridized carbons (Fsp3) is 0.217. The van der Waals surface area contributed by atoms with Gasteiger partial charge in [0, 0.05) is 105 Å². The lowest BCUT2D eigenvalue weighted by atomic mass is 9.99. The summed E-state index contributed by atoms with van der Waals surface area (Å²) in [7, 11) is 0. The number of carbonyl (C=O) groups excluding carboxylic acids is 3. The Kier molecular flexibility index (Phi) is 15.9. The van der Waals surface area contributed by atoms with Crippen LogP contribution < -0.4 is 14.7 Å². The molecule has 0 radical (unpaired) electrons. The number of carbonyl (C=O) groups is 3. The Morgan fingerprint density at radius 1 is 0.359 bits per heavy atom. The Balaban J connectivity index is 1.07. The smallest absolute Gasteiger partial charge is 0.258 e. The number of amides is 3. The lowest BCUT2D eigenvalue weighted by molar-refractivity contribution is 0.0982. The van der Waals surface area contributed by atoms with E-state index < -0.39 is 0 Å². The number of rotatable bonds is 18. The number of nitrogens with zero attached hydrogens (tertiary/aromatic N) is 6. The zero-order chi connectivity index (χ0) is 54.3. The molecule has 0 fully saturated rings. The van der Waals surface area contributed by atoms with Crippen LogP contribution in [-0.4, -0.2) is 52.3 Å². The molecule has 3 amide bonds. The highest BCUT2D eigenvalue weighted by atomic mass is 16.2. The Hall–Kier alpha value is -8.82. The number of hydrogen-bond acceptors (Lipinski definition) is 6. The van der Waals surface area contributed by atoms with E-state index in [4.69, 9.17) is 15.0 Å². The molecule has 78 heavy (non-hydrogen) atoms. The molecule has 3 unspecified atom stereocenters. The molecule has 0 bridgehead atoms. The first-order chi connectivity index (χ1) is 38.0. The lowest BCUT2D eigenvalue weighted by Crippen LogP contribution is -2.38. The van der Waals surface area contributed by atoms with Gasteiger partial charge in [0.25, 0.3) is 17.7 Å². The van der Waals surface area contributed by atoms with E-state index in [1.807, 2.05) is 146 Å². The number of hydrogen-bond donors (Lipinski definition) is 0. The number of anilines is 3. The van der Waals surface area contributed by atoms with Gasteiger partial charge in [0.2, 0.25) is 0 Å². The van der Waals surface area contributed by atoms with Crippen LogP contribution in [0.2, 0.25) is 0 Å². The summed E-state index contributed by atoms with van der Waals surface area (Å²) in [5, 5.41) is 6.40. The molecule has 3 atom stereocenters. The largest absolute Gasteiger partial charge is 0.308 e. The molecule has 0 saturated heterocycles. The summed E-state index contributed by atoms with van der Waals surface area (Å²) in [5.74, 6) is -0.524. The third-order valence-corrected chi connectivity index (χ3v) is 15.4. The van der Waals surface area contributed by atoms with Gasteiger partial charge in [0.1, 0.15) is 0 Å². The summed E-state index contributed by atoms with van der Waals surface area (Å²) < 4.78 is 0. The Morgan fingerprint density at radius 2 is 0.615 bits per heavy atom. The second-order valence-electron chi connectivity index (χ2n) is 20.9.